The molecule has 0 aliphatic carbocycles. The van der Waals surface area contributed by atoms with Gasteiger partial charge in [-0.25, -0.2) is 4.98 Å². The minimum atomic E-state index is -0.355. The zero-order valence-electron chi connectivity index (χ0n) is 12.7. The average molecular weight is 317 g/mol. The van der Waals surface area contributed by atoms with Gasteiger partial charge in [0, 0.05) is 31.2 Å². The van der Waals surface area contributed by atoms with Crippen molar-refractivity contribution >= 4 is 17.7 Å². The van der Waals surface area contributed by atoms with E-state index < -0.39 is 0 Å². The molecule has 5 nitrogen and oxygen atoms in total. The first-order valence-corrected chi connectivity index (χ1v) is 8.23. The highest BCUT2D eigenvalue weighted by Crippen LogP contribution is 2.23. The van der Waals surface area contributed by atoms with Crippen molar-refractivity contribution < 1.29 is 9.90 Å². The van der Waals surface area contributed by atoms with Gasteiger partial charge in [0.2, 0.25) is 5.91 Å². The van der Waals surface area contributed by atoms with Crippen LogP contribution in [-0.2, 0) is 4.79 Å². The third kappa shape index (κ3) is 3.03. The Bertz CT molecular complexity index is 692. The largest absolute Gasteiger partial charge is 0.389 e. The molecule has 1 aliphatic rings. The van der Waals surface area contributed by atoms with Crippen molar-refractivity contribution in [2.24, 2.45) is 0 Å². The van der Waals surface area contributed by atoms with Crippen LogP contribution in [0.15, 0.2) is 35.7 Å². The van der Waals surface area contributed by atoms with Gasteiger partial charge >= 0.3 is 0 Å². The smallest absolute Gasteiger partial charge is 0.233 e. The molecule has 2 heterocycles. The first kappa shape index (κ1) is 15.1. The number of carbonyl (C=O) groups is 1. The number of likely N-dealkylation sites (tertiary alicyclic amines) is 1. The molecular weight excluding hydrogens is 298 g/mol. The van der Waals surface area contributed by atoms with Gasteiger partial charge < -0.3 is 10.0 Å². The predicted octanol–water partition coefficient (Wildman–Crippen LogP) is 1.78. The average Bonchev–Trinajstić information content (AvgIpc) is 2.93. The van der Waals surface area contributed by atoms with Crippen LogP contribution in [0.4, 0.5) is 0 Å². The topological polar surface area (TPSA) is 58.4 Å². The molecule has 0 atom stereocenters. The maximum atomic E-state index is 12.0. The fourth-order valence-electron chi connectivity index (χ4n) is 2.35. The monoisotopic (exact) mass is 317 g/mol. The number of hydrogen-bond acceptors (Lipinski definition) is 4. The highest BCUT2D eigenvalue weighted by Gasteiger charge is 2.28. The van der Waals surface area contributed by atoms with E-state index in [1.807, 2.05) is 10.8 Å². The van der Waals surface area contributed by atoms with Gasteiger partial charge in [-0.1, -0.05) is 17.8 Å². The van der Waals surface area contributed by atoms with Crippen LogP contribution in [0.25, 0.3) is 5.69 Å². The molecule has 1 amide bonds. The van der Waals surface area contributed by atoms with E-state index in [1.165, 1.54) is 22.9 Å². The molecule has 1 N–H and O–H groups in total. The quantitative estimate of drug-likeness (QED) is 0.874. The number of aryl methyl sites for hydroxylation is 2. The van der Waals surface area contributed by atoms with Crippen LogP contribution < -0.4 is 0 Å². The third-order valence-electron chi connectivity index (χ3n) is 3.92. The summed E-state index contributed by atoms with van der Waals surface area (Å²) in [6.45, 7) is 5.07. The molecule has 22 heavy (non-hydrogen) atoms. The number of hydrogen-bond donors (Lipinski definition) is 1. The summed E-state index contributed by atoms with van der Waals surface area (Å²) in [7, 11) is 0. The van der Waals surface area contributed by atoms with Crippen molar-refractivity contribution in [1.29, 1.82) is 0 Å². The number of imidazole rings is 1. The molecular formula is C16H19N3O2S. The van der Waals surface area contributed by atoms with Gasteiger partial charge in [0.25, 0.3) is 0 Å². The van der Waals surface area contributed by atoms with Crippen LogP contribution >= 0.6 is 11.8 Å². The Kier molecular flexibility index (Phi) is 4.22. The van der Waals surface area contributed by atoms with E-state index in [0.717, 1.165) is 10.8 Å². The number of β-amino-alcohol motifs (C(OH)–C–C–N with tert-alkyl or cyclic N) is 1. The van der Waals surface area contributed by atoms with Crippen molar-refractivity contribution in [3.05, 3.63) is 41.7 Å². The molecule has 1 fully saturated rings. The summed E-state index contributed by atoms with van der Waals surface area (Å²) in [5.41, 5.74) is 3.53. The van der Waals surface area contributed by atoms with E-state index in [4.69, 9.17) is 0 Å². The van der Waals surface area contributed by atoms with Crippen LogP contribution in [0.2, 0.25) is 0 Å². The molecule has 1 saturated heterocycles. The predicted molar refractivity (Wildman–Crippen MR) is 86.3 cm³/mol. The van der Waals surface area contributed by atoms with E-state index in [9.17, 15) is 9.90 Å². The normalized spacial score (nSPS) is 15.0. The van der Waals surface area contributed by atoms with Crippen LogP contribution in [0.3, 0.4) is 0 Å². The highest BCUT2D eigenvalue weighted by molar-refractivity contribution is 7.99. The van der Waals surface area contributed by atoms with Crippen LogP contribution in [0.1, 0.15) is 11.1 Å². The van der Waals surface area contributed by atoms with Gasteiger partial charge in [0.15, 0.2) is 5.16 Å². The molecule has 0 spiro atoms. The number of aliphatic hydroxyl groups is 1. The van der Waals surface area contributed by atoms with Crippen LogP contribution in [0.5, 0.6) is 0 Å². The number of carbonyl (C=O) groups excluding carboxylic acids is 1. The number of thioether (sulfide) groups is 1. The lowest BCUT2D eigenvalue weighted by Gasteiger charge is -2.35. The first-order chi connectivity index (χ1) is 10.5. The Hall–Kier alpha value is -1.79. The number of rotatable bonds is 4. The Morgan fingerprint density at radius 1 is 1.36 bits per heavy atom. The zero-order valence-corrected chi connectivity index (χ0v) is 13.5. The second kappa shape index (κ2) is 6.14. The van der Waals surface area contributed by atoms with Crippen molar-refractivity contribution in [3.8, 4) is 5.69 Å². The Balaban J connectivity index is 1.69. The Morgan fingerprint density at radius 3 is 2.82 bits per heavy atom. The standard InChI is InChI=1S/C16H19N3O2S/c1-11-3-4-13(7-12(11)2)19-6-5-17-16(19)22-10-15(21)18-8-14(20)9-18/h3-7,14,20H,8-10H2,1-2H3. The van der Waals surface area contributed by atoms with Crippen LogP contribution in [0, 0.1) is 13.8 Å². The minimum absolute atomic E-state index is 0.0462. The maximum Gasteiger partial charge on any atom is 0.233 e. The molecule has 1 aromatic heterocycles. The van der Waals surface area contributed by atoms with E-state index in [1.54, 1.807) is 11.1 Å². The number of amides is 1. The maximum absolute atomic E-state index is 12.0. The molecule has 2 aromatic rings. The van der Waals surface area contributed by atoms with E-state index in [-0.39, 0.29) is 12.0 Å². The van der Waals surface area contributed by atoms with Gasteiger partial charge in [0.05, 0.1) is 11.9 Å². The van der Waals surface area contributed by atoms with Gasteiger partial charge in [-0.15, -0.1) is 0 Å². The van der Waals surface area contributed by atoms with Gasteiger partial charge in [-0.05, 0) is 37.1 Å². The fraction of sp³-hybridized carbons (Fsp3) is 0.375. The molecule has 3 rings (SSSR count). The summed E-state index contributed by atoms with van der Waals surface area (Å²) in [6.07, 6.45) is 3.30. The van der Waals surface area contributed by atoms with Crippen molar-refractivity contribution in [1.82, 2.24) is 14.5 Å². The summed E-state index contributed by atoms with van der Waals surface area (Å²) in [5.74, 6) is 0.388. The number of aliphatic hydroxyl groups excluding tert-OH is 1. The zero-order chi connectivity index (χ0) is 15.7. The lowest BCUT2D eigenvalue weighted by atomic mass is 10.1. The summed E-state index contributed by atoms with van der Waals surface area (Å²) in [5, 5.41) is 10.0. The fourth-order valence-corrected chi connectivity index (χ4v) is 3.22. The van der Waals surface area contributed by atoms with Gasteiger partial charge in [-0.2, -0.15) is 0 Å². The van der Waals surface area contributed by atoms with E-state index in [2.05, 4.69) is 37.0 Å². The Labute approximate surface area is 134 Å². The number of nitrogens with zero attached hydrogens (tertiary/aromatic N) is 3. The molecule has 0 unspecified atom stereocenters. The van der Waals surface area contributed by atoms with E-state index >= 15 is 0 Å². The summed E-state index contributed by atoms with van der Waals surface area (Å²) in [4.78, 5) is 18.0. The molecule has 116 valence electrons. The number of benzene rings is 1. The third-order valence-corrected chi connectivity index (χ3v) is 4.87. The Morgan fingerprint density at radius 2 is 2.14 bits per heavy atom. The highest BCUT2D eigenvalue weighted by atomic mass is 32.2. The van der Waals surface area contributed by atoms with Crippen molar-refractivity contribution in [2.45, 2.75) is 25.1 Å². The SMILES string of the molecule is Cc1ccc(-n2ccnc2SCC(=O)N2CC(O)C2)cc1C. The van der Waals surface area contributed by atoms with Crippen LogP contribution in [-0.4, -0.2) is 50.4 Å². The second-order valence-electron chi connectivity index (χ2n) is 5.59. The molecule has 0 radical (unpaired) electrons. The lowest BCUT2D eigenvalue weighted by molar-refractivity contribution is -0.138. The molecule has 1 aromatic carbocycles. The molecule has 6 heteroatoms. The second-order valence-corrected chi connectivity index (χ2v) is 6.53. The first-order valence-electron chi connectivity index (χ1n) is 7.24. The minimum Gasteiger partial charge on any atom is -0.389 e. The van der Waals surface area contributed by atoms with Crippen molar-refractivity contribution in [2.75, 3.05) is 18.8 Å². The molecule has 0 bridgehead atoms. The van der Waals surface area contributed by atoms with Gasteiger partial charge in [-0.3, -0.25) is 9.36 Å². The summed E-state index contributed by atoms with van der Waals surface area (Å²) in [6, 6.07) is 6.27. The van der Waals surface area contributed by atoms with Crippen molar-refractivity contribution in [3.63, 3.8) is 0 Å². The summed E-state index contributed by atoms with van der Waals surface area (Å²) >= 11 is 1.42. The molecule has 0 saturated carbocycles. The van der Waals surface area contributed by atoms with Gasteiger partial charge in [0.1, 0.15) is 0 Å². The molecule has 1 aliphatic heterocycles. The summed E-state index contributed by atoms with van der Waals surface area (Å²) < 4.78 is 2.00. The van der Waals surface area contributed by atoms with E-state index in [0.29, 0.717) is 18.8 Å². The lowest BCUT2D eigenvalue weighted by Crippen LogP contribution is -2.54. The number of aromatic nitrogens is 2.